The molecule has 0 radical (unpaired) electrons. The van der Waals surface area contributed by atoms with Gasteiger partial charge in [-0.15, -0.1) is 6.58 Å². The van der Waals surface area contributed by atoms with Crippen LogP contribution in [0.2, 0.25) is 0 Å². The molecule has 1 rings (SSSR count). The number of allylic oxidation sites excluding steroid dienone is 1. The second kappa shape index (κ2) is 9.61. The predicted octanol–water partition coefficient (Wildman–Crippen LogP) is 4.93. The van der Waals surface area contributed by atoms with Gasteiger partial charge in [-0.1, -0.05) is 39.2 Å². The Kier molecular flexibility index (Phi) is 8.41. The summed E-state index contributed by atoms with van der Waals surface area (Å²) in [4.78, 5) is 0. The maximum absolute atomic E-state index is 3.83. The molecule has 0 aromatic carbocycles. The molecular formula is C17H33N. The first-order chi connectivity index (χ1) is 8.81. The van der Waals surface area contributed by atoms with E-state index in [1.165, 1.54) is 64.3 Å². The molecule has 18 heavy (non-hydrogen) atoms. The van der Waals surface area contributed by atoms with E-state index in [4.69, 9.17) is 0 Å². The van der Waals surface area contributed by atoms with Crippen molar-refractivity contribution in [1.82, 2.24) is 5.32 Å². The molecule has 1 atom stereocenters. The van der Waals surface area contributed by atoms with Crippen molar-refractivity contribution in [1.29, 1.82) is 0 Å². The van der Waals surface area contributed by atoms with Crippen molar-refractivity contribution in [3.8, 4) is 0 Å². The van der Waals surface area contributed by atoms with Crippen LogP contribution in [0.1, 0.15) is 71.6 Å². The molecule has 0 aliphatic heterocycles. The summed E-state index contributed by atoms with van der Waals surface area (Å²) in [6.45, 7) is 9.63. The highest BCUT2D eigenvalue weighted by Crippen LogP contribution is 2.33. The summed E-state index contributed by atoms with van der Waals surface area (Å²) in [5.74, 6) is 1.95. The van der Waals surface area contributed by atoms with Crippen molar-refractivity contribution >= 4 is 0 Å². The van der Waals surface area contributed by atoms with Crippen LogP contribution in [0.4, 0.5) is 0 Å². The lowest BCUT2D eigenvalue weighted by Crippen LogP contribution is -2.38. The number of hydrogen-bond donors (Lipinski definition) is 1. The smallest absolute Gasteiger partial charge is 0.00954 e. The third kappa shape index (κ3) is 5.56. The van der Waals surface area contributed by atoms with E-state index in [0.29, 0.717) is 0 Å². The summed E-state index contributed by atoms with van der Waals surface area (Å²) in [5, 5.41) is 3.80. The SMILES string of the molecule is C=CCCCC(NCCC)C1CCC(CC)CC1. The first-order valence-electron chi connectivity index (χ1n) is 8.16. The second-order valence-corrected chi connectivity index (χ2v) is 5.97. The Balaban J connectivity index is 2.35. The molecule has 0 aromatic rings. The van der Waals surface area contributed by atoms with Crippen molar-refractivity contribution < 1.29 is 0 Å². The quantitative estimate of drug-likeness (QED) is 0.453. The Morgan fingerprint density at radius 1 is 1.22 bits per heavy atom. The molecule has 1 aliphatic rings. The van der Waals surface area contributed by atoms with Crippen LogP contribution in [0.15, 0.2) is 12.7 Å². The summed E-state index contributed by atoms with van der Waals surface area (Å²) in [6, 6.07) is 0.766. The molecule has 1 aliphatic carbocycles. The van der Waals surface area contributed by atoms with Gasteiger partial charge in [0.15, 0.2) is 0 Å². The molecule has 0 amide bonds. The Hall–Kier alpha value is -0.300. The molecule has 0 saturated heterocycles. The lowest BCUT2D eigenvalue weighted by molar-refractivity contribution is 0.209. The highest BCUT2D eigenvalue weighted by molar-refractivity contribution is 4.82. The van der Waals surface area contributed by atoms with E-state index in [1.807, 2.05) is 0 Å². The van der Waals surface area contributed by atoms with E-state index in [0.717, 1.165) is 17.9 Å². The summed E-state index contributed by atoms with van der Waals surface area (Å²) < 4.78 is 0. The molecule has 1 N–H and O–H groups in total. The van der Waals surface area contributed by atoms with Gasteiger partial charge in [-0.05, 0) is 56.9 Å². The zero-order chi connectivity index (χ0) is 13.2. The molecular weight excluding hydrogens is 218 g/mol. The van der Waals surface area contributed by atoms with Crippen LogP contribution in [0.3, 0.4) is 0 Å². The van der Waals surface area contributed by atoms with Gasteiger partial charge in [-0.2, -0.15) is 0 Å². The highest BCUT2D eigenvalue weighted by Gasteiger charge is 2.26. The molecule has 1 heteroatoms. The number of nitrogens with one attached hydrogen (secondary N) is 1. The summed E-state index contributed by atoms with van der Waals surface area (Å²) in [5.41, 5.74) is 0. The number of unbranched alkanes of at least 4 members (excludes halogenated alkanes) is 1. The van der Waals surface area contributed by atoms with Crippen LogP contribution in [-0.4, -0.2) is 12.6 Å². The maximum atomic E-state index is 3.83. The van der Waals surface area contributed by atoms with Crippen molar-refractivity contribution in [3.63, 3.8) is 0 Å². The largest absolute Gasteiger partial charge is 0.314 e. The van der Waals surface area contributed by atoms with E-state index in [1.54, 1.807) is 0 Å². The van der Waals surface area contributed by atoms with Crippen LogP contribution in [-0.2, 0) is 0 Å². The molecule has 0 heterocycles. The molecule has 0 spiro atoms. The third-order valence-electron chi connectivity index (χ3n) is 4.62. The van der Waals surface area contributed by atoms with Gasteiger partial charge in [0.2, 0.25) is 0 Å². The highest BCUT2D eigenvalue weighted by atomic mass is 14.9. The fourth-order valence-corrected chi connectivity index (χ4v) is 3.32. The van der Waals surface area contributed by atoms with Gasteiger partial charge in [-0.3, -0.25) is 0 Å². The fourth-order valence-electron chi connectivity index (χ4n) is 3.32. The van der Waals surface area contributed by atoms with Gasteiger partial charge in [-0.25, -0.2) is 0 Å². The molecule has 0 bridgehead atoms. The monoisotopic (exact) mass is 251 g/mol. The number of rotatable bonds is 9. The Labute approximate surface area is 114 Å². The van der Waals surface area contributed by atoms with Crippen molar-refractivity contribution in [2.45, 2.75) is 77.7 Å². The minimum atomic E-state index is 0.766. The summed E-state index contributed by atoms with van der Waals surface area (Å²) in [7, 11) is 0. The topological polar surface area (TPSA) is 12.0 Å². The minimum Gasteiger partial charge on any atom is -0.314 e. The van der Waals surface area contributed by atoms with Gasteiger partial charge in [0.05, 0.1) is 0 Å². The predicted molar refractivity (Wildman–Crippen MR) is 81.9 cm³/mol. The Bertz CT molecular complexity index is 204. The first-order valence-corrected chi connectivity index (χ1v) is 8.16. The van der Waals surface area contributed by atoms with Gasteiger partial charge in [0.1, 0.15) is 0 Å². The van der Waals surface area contributed by atoms with E-state index < -0.39 is 0 Å². The maximum Gasteiger partial charge on any atom is 0.00954 e. The van der Waals surface area contributed by atoms with Crippen LogP contribution >= 0.6 is 0 Å². The van der Waals surface area contributed by atoms with Gasteiger partial charge in [0, 0.05) is 6.04 Å². The third-order valence-corrected chi connectivity index (χ3v) is 4.62. The van der Waals surface area contributed by atoms with Gasteiger partial charge < -0.3 is 5.32 Å². The Morgan fingerprint density at radius 3 is 2.50 bits per heavy atom. The van der Waals surface area contributed by atoms with Crippen LogP contribution in [0, 0.1) is 11.8 Å². The van der Waals surface area contributed by atoms with E-state index in [-0.39, 0.29) is 0 Å². The van der Waals surface area contributed by atoms with Gasteiger partial charge in [0.25, 0.3) is 0 Å². The lowest BCUT2D eigenvalue weighted by atomic mass is 9.76. The summed E-state index contributed by atoms with van der Waals surface area (Å²) >= 11 is 0. The molecule has 1 nitrogen and oxygen atoms in total. The normalized spacial score (nSPS) is 25.9. The fraction of sp³-hybridized carbons (Fsp3) is 0.882. The van der Waals surface area contributed by atoms with Crippen LogP contribution in [0.25, 0.3) is 0 Å². The minimum absolute atomic E-state index is 0.766. The van der Waals surface area contributed by atoms with E-state index >= 15 is 0 Å². The van der Waals surface area contributed by atoms with E-state index in [2.05, 4.69) is 31.8 Å². The zero-order valence-corrected chi connectivity index (χ0v) is 12.6. The molecule has 1 fully saturated rings. The molecule has 1 saturated carbocycles. The molecule has 1 unspecified atom stereocenters. The zero-order valence-electron chi connectivity index (χ0n) is 12.6. The Morgan fingerprint density at radius 2 is 1.94 bits per heavy atom. The average Bonchev–Trinajstić information content (AvgIpc) is 2.43. The van der Waals surface area contributed by atoms with Crippen molar-refractivity contribution in [3.05, 3.63) is 12.7 Å². The van der Waals surface area contributed by atoms with Crippen molar-refractivity contribution in [2.24, 2.45) is 11.8 Å². The summed E-state index contributed by atoms with van der Waals surface area (Å²) in [6.07, 6.45) is 14.4. The molecule has 106 valence electrons. The van der Waals surface area contributed by atoms with Gasteiger partial charge >= 0.3 is 0 Å². The second-order valence-electron chi connectivity index (χ2n) is 5.97. The standard InChI is InChI=1S/C17H33N/c1-4-7-8-9-17(18-14-5-2)16-12-10-15(6-3)11-13-16/h4,15-18H,1,5-14H2,2-3H3. The van der Waals surface area contributed by atoms with Crippen molar-refractivity contribution in [2.75, 3.05) is 6.54 Å². The van der Waals surface area contributed by atoms with Crippen LogP contribution < -0.4 is 5.32 Å². The lowest BCUT2D eigenvalue weighted by Gasteiger charge is -2.34. The number of hydrogen-bond acceptors (Lipinski definition) is 1. The first kappa shape index (κ1) is 15.8. The van der Waals surface area contributed by atoms with E-state index in [9.17, 15) is 0 Å². The average molecular weight is 251 g/mol. The van der Waals surface area contributed by atoms with Crippen LogP contribution in [0.5, 0.6) is 0 Å². The molecule has 0 aromatic heterocycles.